The van der Waals surface area contributed by atoms with Crippen LogP contribution in [0.15, 0.2) is 6.07 Å². The lowest BCUT2D eigenvalue weighted by Crippen LogP contribution is -2.09. The molecule has 20 heavy (non-hydrogen) atoms. The van der Waals surface area contributed by atoms with Gasteiger partial charge in [-0.1, -0.05) is 23.2 Å². The molecule has 4 nitrogen and oxygen atoms in total. The molecule has 0 aliphatic rings. The fourth-order valence-electron chi connectivity index (χ4n) is 1.96. The molecule has 0 fully saturated rings. The summed E-state index contributed by atoms with van der Waals surface area (Å²) in [5.74, 6) is 1.21. The lowest BCUT2D eigenvalue weighted by molar-refractivity contribution is 0.880. The van der Waals surface area contributed by atoms with E-state index in [0.717, 1.165) is 10.7 Å². The third-order valence-electron chi connectivity index (χ3n) is 2.85. The Hall–Kier alpha value is -1.04. The molecule has 0 radical (unpaired) electrons. The van der Waals surface area contributed by atoms with Gasteiger partial charge in [-0.05, 0) is 26.8 Å². The predicted octanol–water partition coefficient (Wildman–Crippen LogP) is 4.68. The summed E-state index contributed by atoms with van der Waals surface area (Å²) in [4.78, 5) is 10.0. The monoisotopic (exact) mass is 330 g/mol. The lowest BCUT2D eigenvalue weighted by atomic mass is 10.2. The van der Waals surface area contributed by atoms with Crippen LogP contribution in [0.1, 0.15) is 28.5 Å². The highest BCUT2D eigenvalue weighted by Crippen LogP contribution is 2.33. The normalized spacial score (nSPS) is 12.3. The topological polar surface area (TPSA) is 49.8 Å². The van der Waals surface area contributed by atoms with E-state index in [4.69, 9.17) is 23.2 Å². The number of aromatic nitrogens is 2. The Morgan fingerprint density at radius 3 is 2.35 bits per heavy atom. The number of nitrogens with zero attached hydrogens (tertiary/aromatic N) is 2. The van der Waals surface area contributed by atoms with E-state index < -0.39 is 0 Å². The first-order valence-electron chi connectivity index (χ1n) is 6.16. The SMILES string of the molecule is CNc1nc(NC(C)c2sc(C)nc2C)c(Cl)cc1Cl. The number of hydrogen-bond donors (Lipinski definition) is 2. The van der Waals surface area contributed by atoms with Crippen molar-refractivity contribution < 1.29 is 0 Å². The van der Waals surface area contributed by atoms with Crippen LogP contribution >= 0.6 is 34.5 Å². The maximum Gasteiger partial charge on any atom is 0.147 e. The van der Waals surface area contributed by atoms with Crippen molar-refractivity contribution in [3.05, 3.63) is 31.7 Å². The molecule has 0 amide bonds. The third-order valence-corrected chi connectivity index (χ3v) is 4.68. The van der Waals surface area contributed by atoms with Gasteiger partial charge >= 0.3 is 0 Å². The van der Waals surface area contributed by atoms with E-state index >= 15 is 0 Å². The summed E-state index contributed by atoms with van der Waals surface area (Å²) in [6.45, 7) is 6.07. The summed E-state index contributed by atoms with van der Waals surface area (Å²) in [6.07, 6.45) is 0. The summed E-state index contributed by atoms with van der Waals surface area (Å²) in [5.41, 5.74) is 1.03. The minimum absolute atomic E-state index is 0.0806. The molecule has 2 N–H and O–H groups in total. The molecule has 7 heteroatoms. The minimum Gasteiger partial charge on any atom is -0.372 e. The van der Waals surface area contributed by atoms with Crippen LogP contribution in [0, 0.1) is 13.8 Å². The Morgan fingerprint density at radius 2 is 1.80 bits per heavy atom. The lowest BCUT2D eigenvalue weighted by Gasteiger charge is -2.16. The Labute approximate surface area is 132 Å². The molecule has 0 bridgehead atoms. The Bertz CT molecular complexity index is 627. The van der Waals surface area contributed by atoms with E-state index in [2.05, 4.69) is 27.5 Å². The van der Waals surface area contributed by atoms with Crippen LogP contribution in [0.5, 0.6) is 0 Å². The largest absolute Gasteiger partial charge is 0.372 e. The number of halogens is 2. The zero-order valence-corrected chi connectivity index (χ0v) is 14.0. The maximum atomic E-state index is 6.19. The van der Waals surface area contributed by atoms with Crippen molar-refractivity contribution in [1.29, 1.82) is 0 Å². The van der Waals surface area contributed by atoms with Gasteiger partial charge in [0, 0.05) is 11.9 Å². The molecule has 0 saturated heterocycles. The highest BCUT2D eigenvalue weighted by atomic mass is 35.5. The van der Waals surface area contributed by atoms with E-state index in [9.17, 15) is 0 Å². The van der Waals surface area contributed by atoms with E-state index in [1.54, 1.807) is 24.5 Å². The molecule has 0 saturated carbocycles. The van der Waals surface area contributed by atoms with Gasteiger partial charge in [-0.2, -0.15) is 0 Å². The van der Waals surface area contributed by atoms with E-state index in [-0.39, 0.29) is 6.04 Å². The van der Waals surface area contributed by atoms with Crippen LogP contribution in [-0.4, -0.2) is 17.0 Å². The fourth-order valence-corrected chi connectivity index (χ4v) is 3.40. The minimum atomic E-state index is 0.0806. The first-order chi connectivity index (χ1) is 9.42. The van der Waals surface area contributed by atoms with E-state index in [1.165, 1.54) is 4.88 Å². The van der Waals surface area contributed by atoms with Crippen molar-refractivity contribution in [3.63, 3.8) is 0 Å². The predicted molar refractivity (Wildman–Crippen MR) is 87.4 cm³/mol. The van der Waals surface area contributed by atoms with Gasteiger partial charge in [-0.15, -0.1) is 11.3 Å². The molecule has 1 atom stereocenters. The van der Waals surface area contributed by atoms with Gasteiger partial charge in [0.2, 0.25) is 0 Å². The van der Waals surface area contributed by atoms with Crippen molar-refractivity contribution in [2.75, 3.05) is 17.7 Å². The second kappa shape index (κ2) is 6.16. The zero-order valence-electron chi connectivity index (χ0n) is 11.7. The first-order valence-corrected chi connectivity index (χ1v) is 7.74. The molecule has 2 aromatic heterocycles. The van der Waals surface area contributed by atoms with E-state index in [0.29, 0.717) is 21.7 Å². The van der Waals surface area contributed by atoms with Crippen molar-refractivity contribution in [1.82, 2.24) is 9.97 Å². The number of pyridine rings is 1. The molecule has 2 rings (SSSR count). The summed E-state index contributed by atoms with van der Waals surface area (Å²) in [7, 11) is 1.77. The van der Waals surface area contributed by atoms with Crippen molar-refractivity contribution in [2.45, 2.75) is 26.8 Å². The molecule has 0 aromatic carbocycles. The van der Waals surface area contributed by atoms with Gasteiger partial charge in [0.15, 0.2) is 0 Å². The smallest absolute Gasteiger partial charge is 0.147 e. The van der Waals surface area contributed by atoms with E-state index in [1.807, 2.05) is 13.8 Å². The van der Waals surface area contributed by atoms with Crippen LogP contribution in [0.3, 0.4) is 0 Å². The Kier molecular flexibility index (Phi) is 4.73. The Morgan fingerprint density at radius 1 is 1.15 bits per heavy atom. The van der Waals surface area contributed by atoms with Gasteiger partial charge in [0.1, 0.15) is 11.6 Å². The molecule has 2 aromatic rings. The van der Waals surface area contributed by atoms with Crippen LogP contribution in [-0.2, 0) is 0 Å². The molecule has 0 aliphatic carbocycles. The molecular weight excluding hydrogens is 315 g/mol. The summed E-state index contributed by atoms with van der Waals surface area (Å²) < 4.78 is 0. The number of rotatable bonds is 4. The summed E-state index contributed by atoms with van der Waals surface area (Å²) in [5, 5.41) is 8.30. The number of anilines is 2. The average Bonchev–Trinajstić information content (AvgIpc) is 2.71. The maximum absolute atomic E-state index is 6.19. The quantitative estimate of drug-likeness (QED) is 0.854. The number of thiazole rings is 1. The van der Waals surface area contributed by atoms with Crippen LogP contribution in [0.4, 0.5) is 11.6 Å². The number of aryl methyl sites for hydroxylation is 2. The van der Waals surface area contributed by atoms with Gasteiger partial charge in [-0.25, -0.2) is 9.97 Å². The summed E-state index contributed by atoms with van der Waals surface area (Å²) >= 11 is 13.9. The number of nitrogens with one attached hydrogen (secondary N) is 2. The molecule has 2 heterocycles. The Balaban J connectivity index is 2.27. The van der Waals surface area contributed by atoms with Crippen LogP contribution in [0.2, 0.25) is 10.0 Å². The van der Waals surface area contributed by atoms with Crippen molar-refractivity contribution >= 4 is 46.2 Å². The zero-order chi connectivity index (χ0) is 14.9. The van der Waals surface area contributed by atoms with Crippen molar-refractivity contribution in [3.8, 4) is 0 Å². The second-order valence-corrected chi connectivity index (χ2v) is 6.50. The molecule has 108 valence electrons. The summed E-state index contributed by atoms with van der Waals surface area (Å²) in [6, 6.07) is 1.76. The highest BCUT2D eigenvalue weighted by Gasteiger charge is 2.16. The highest BCUT2D eigenvalue weighted by molar-refractivity contribution is 7.11. The van der Waals surface area contributed by atoms with Gasteiger partial charge in [-0.3, -0.25) is 0 Å². The van der Waals surface area contributed by atoms with Crippen LogP contribution in [0.25, 0.3) is 0 Å². The fraction of sp³-hybridized carbons (Fsp3) is 0.385. The van der Waals surface area contributed by atoms with Gasteiger partial charge in [0.05, 0.1) is 26.8 Å². The standard InChI is InChI=1S/C13H16Cl2N4S/c1-6-11(20-8(3)17-6)7(2)18-13-10(15)5-9(14)12(16-4)19-13/h5,7H,1-4H3,(H2,16,18,19). The van der Waals surface area contributed by atoms with Gasteiger partial charge in [0.25, 0.3) is 0 Å². The van der Waals surface area contributed by atoms with Crippen LogP contribution < -0.4 is 10.6 Å². The third kappa shape index (κ3) is 3.16. The molecule has 1 unspecified atom stereocenters. The second-order valence-electron chi connectivity index (χ2n) is 4.45. The number of hydrogen-bond acceptors (Lipinski definition) is 5. The van der Waals surface area contributed by atoms with Crippen molar-refractivity contribution in [2.24, 2.45) is 0 Å². The molecular formula is C13H16Cl2N4S. The van der Waals surface area contributed by atoms with Gasteiger partial charge < -0.3 is 10.6 Å². The first kappa shape index (κ1) is 15.4. The average molecular weight is 331 g/mol. The molecule has 0 spiro atoms. The molecule has 0 aliphatic heterocycles.